The van der Waals surface area contributed by atoms with Gasteiger partial charge in [-0.2, -0.15) is 0 Å². The summed E-state index contributed by atoms with van der Waals surface area (Å²) in [5.41, 5.74) is 0.309. The average Bonchev–Trinajstić information content (AvgIpc) is 3.19. The fourth-order valence-electron chi connectivity index (χ4n) is 2.24. The van der Waals surface area contributed by atoms with Gasteiger partial charge in [0.25, 0.3) is 0 Å². The molecule has 0 aliphatic heterocycles. The Morgan fingerprint density at radius 1 is 1.38 bits per heavy atom. The molecule has 4 nitrogen and oxygen atoms in total. The quantitative estimate of drug-likeness (QED) is 0.920. The Bertz CT molecular complexity index is 491. The molecule has 1 saturated carbocycles. The Morgan fingerprint density at radius 3 is 2.38 bits per heavy atom. The number of halogens is 1. The third-order valence-electron chi connectivity index (χ3n) is 3.31. The van der Waals surface area contributed by atoms with E-state index in [-0.39, 0.29) is 18.7 Å². The van der Waals surface area contributed by atoms with Crippen LogP contribution in [0.25, 0.3) is 0 Å². The van der Waals surface area contributed by atoms with Crippen LogP contribution in [-0.2, 0) is 4.74 Å². The Kier molecular flexibility index (Phi) is 4.79. The van der Waals surface area contributed by atoms with Crippen LogP contribution in [0.3, 0.4) is 0 Å². The number of aliphatic hydroxyl groups excluding tert-OH is 1. The van der Waals surface area contributed by atoms with E-state index in [9.17, 15) is 9.90 Å². The zero-order valence-electron chi connectivity index (χ0n) is 12.7. The molecule has 1 amide bonds. The van der Waals surface area contributed by atoms with Crippen molar-refractivity contribution in [2.24, 2.45) is 0 Å². The lowest BCUT2D eigenvalue weighted by Crippen LogP contribution is -2.42. The Labute approximate surface area is 130 Å². The lowest BCUT2D eigenvalue weighted by atomic mass is 10.1. The molecule has 1 aliphatic rings. The first kappa shape index (κ1) is 16.1. The minimum absolute atomic E-state index is 0.141. The van der Waals surface area contributed by atoms with Crippen LogP contribution in [0, 0.1) is 0 Å². The molecule has 0 spiro atoms. The lowest BCUT2D eigenvalue weighted by molar-refractivity contribution is 0.00649. The van der Waals surface area contributed by atoms with E-state index in [0.717, 1.165) is 18.4 Å². The molecule has 21 heavy (non-hydrogen) atoms. The fraction of sp³-hybridized carbons (Fsp3) is 0.562. The molecule has 0 heterocycles. The third kappa shape index (κ3) is 4.35. The summed E-state index contributed by atoms with van der Waals surface area (Å²) in [4.78, 5) is 14.1. The number of hydrogen-bond acceptors (Lipinski definition) is 3. The van der Waals surface area contributed by atoms with Crippen LogP contribution in [-0.4, -0.2) is 34.3 Å². The summed E-state index contributed by atoms with van der Waals surface area (Å²) in [5, 5.41) is 10.4. The first-order valence-corrected chi connectivity index (χ1v) is 7.57. The maximum atomic E-state index is 12.4. The van der Waals surface area contributed by atoms with Crippen LogP contribution >= 0.6 is 11.6 Å². The lowest BCUT2D eigenvalue weighted by Gasteiger charge is -2.33. The highest BCUT2D eigenvalue weighted by Gasteiger charge is 2.40. The van der Waals surface area contributed by atoms with E-state index >= 15 is 0 Å². The molecule has 1 aliphatic carbocycles. The van der Waals surface area contributed by atoms with E-state index in [2.05, 4.69) is 0 Å². The topological polar surface area (TPSA) is 49.8 Å². The van der Waals surface area contributed by atoms with Crippen molar-refractivity contribution in [3.8, 4) is 0 Å². The van der Waals surface area contributed by atoms with E-state index in [1.165, 1.54) is 0 Å². The molecule has 1 unspecified atom stereocenters. The second-order valence-corrected chi connectivity index (χ2v) is 6.81. The van der Waals surface area contributed by atoms with Crippen LogP contribution in [0.1, 0.15) is 45.2 Å². The molecule has 0 saturated heterocycles. The predicted octanol–water partition coefficient (Wildman–Crippen LogP) is 3.77. The molecule has 0 aromatic heterocycles. The SMILES string of the molecule is CC(C)(C)OC(=O)N(C1CC1)C(CO)c1ccc(Cl)cc1. The van der Waals surface area contributed by atoms with E-state index in [1.54, 1.807) is 17.0 Å². The molecule has 1 atom stereocenters. The smallest absolute Gasteiger partial charge is 0.411 e. The van der Waals surface area contributed by atoms with Gasteiger partial charge in [-0.05, 0) is 51.3 Å². The van der Waals surface area contributed by atoms with Gasteiger partial charge in [-0.15, -0.1) is 0 Å². The van der Waals surface area contributed by atoms with Gasteiger partial charge in [0.05, 0.1) is 12.6 Å². The maximum absolute atomic E-state index is 12.4. The Balaban J connectivity index is 2.22. The molecular formula is C16H22ClNO3. The molecule has 116 valence electrons. The van der Waals surface area contributed by atoms with Crippen molar-refractivity contribution in [3.63, 3.8) is 0 Å². The average molecular weight is 312 g/mol. The van der Waals surface area contributed by atoms with Crippen molar-refractivity contribution >= 4 is 17.7 Å². The Hall–Kier alpha value is -1.26. The normalized spacial score (nSPS) is 16.4. The molecular weight excluding hydrogens is 290 g/mol. The van der Waals surface area contributed by atoms with Gasteiger partial charge in [-0.1, -0.05) is 23.7 Å². The van der Waals surface area contributed by atoms with Crippen molar-refractivity contribution in [2.45, 2.75) is 51.3 Å². The zero-order chi connectivity index (χ0) is 15.6. The van der Waals surface area contributed by atoms with Crippen LogP contribution in [0.4, 0.5) is 4.79 Å². The maximum Gasteiger partial charge on any atom is 0.411 e. The number of hydrogen-bond donors (Lipinski definition) is 1. The molecule has 0 radical (unpaired) electrons. The molecule has 5 heteroatoms. The van der Waals surface area contributed by atoms with Crippen molar-refractivity contribution in [3.05, 3.63) is 34.9 Å². The van der Waals surface area contributed by atoms with Gasteiger partial charge in [0.1, 0.15) is 5.60 Å². The van der Waals surface area contributed by atoms with Crippen molar-refractivity contribution in [2.75, 3.05) is 6.61 Å². The number of nitrogens with zero attached hydrogens (tertiary/aromatic N) is 1. The second kappa shape index (κ2) is 6.24. The summed E-state index contributed by atoms with van der Waals surface area (Å²) < 4.78 is 5.48. The minimum Gasteiger partial charge on any atom is -0.444 e. The molecule has 1 aromatic carbocycles. The van der Waals surface area contributed by atoms with Crippen LogP contribution in [0.2, 0.25) is 5.02 Å². The highest BCUT2D eigenvalue weighted by Crippen LogP contribution is 2.35. The van der Waals surface area contributed by atoms with Crippen molar-refractivity contribution in [1.82, 2.24) is 4.90 Å². The molecule has 1 N–H and O–H groups in total. The third-order valence-corrected chi connectivity index (χ3v) is 3.56. The number of rotatable bonds is 4. The van der Waals surface area contributed by atoms with Gasteiger partial charge < -0.3 is 9.84 Å². The number of benzene rings is 1. The summed E-state index contributed by atoms with van der Waals surface area (Å²) in [7, 11) is 0. The van der Waals surface area contributed by atoms with Crippen LogP contribution in [0.15, 0.2) is 24.3 Å². The van der Waals surface area contributed by atoms with Gasteiger partial charge >= 0.3 is 6.09 Å². The molecule has 2 rings (SSSR count). The highest BCUT2D eigenvalue weighted by atomic mass is 35.5. The zero-order valence-corrected chi connectivity index (χ0v) is 13.4. The summed E-state index contributed by atoms with van der Waals surface area (Å²) in [5.74, 6) is 0. The van der Waals surface area contributed by atoms with Gasteiger partial charge in [0.2, 0.25) is 0 Å². The van der Waals surface area contributed by atoms with Crippen molar-refractivity contribution < 1.29 is 14.6 Å². The number of carbonyl (C=O) groups excluding carboxylic acids is 1. The van der Waals surface area contributed by atoms with E-state index in [1.807, 2.05) is 32.9 Å². The summed E-state index contributed by atoms with van der Waals surface area (Å²) >= 11 is 5.90. The van der Waals surface area contributed by atoms with E-state index < -0.39 is 11.6 Å². The fourth-order valence-corrected chi connectivity index (χ4v) is 2.36. The van der Waals surface area contributed by atoms with Gasteiger partial charge in [0.15, 0.2) is 0 Å². The summed E-state index contributed by atoms with van der Waals surface area (Å²) in [6.07, 6.45) is 1.52. The standard InChI is InChI=1S/C16H22ClNO3/c1-16(2,3)21-15(20)18(13-8-9-13)14(10-19)11-4-6-12(17)7-5-11/h4-7,13-14,19H,8-10H2,1-3H3. The first-order valence-electron chi connectivity index (χ1n) is 7.19. The van der Waals surface area contributed by atoms with Gasteiger partial charge in [-0.25, -0.2) is 4.79 Å². The van der Waals surface area contributed by atoms with Gasteiger partial charge in [-0.3, -0.25) is 4.90 Å². The number of aliphatic hydroxyl groups is 1. The molecule has 1 aromatic rings. The largest absolute Gasteiger partial charge is 0.444 e. The van der Waals surface area contributed by atoms with Crippen LogP contribution < -0.4 is 0 Å². The number of ether oxygens (including phenoxy) is 1. The number of carbonyl (C=O) groups is 1. The molecule has 0 bridgehead atoms. The molecule has 1 fully saturated rings. The van der Waals surface area contributed by atoms with Crippen molar-refractivity contribution in [1.29, 1.82) is 0 Å². The summed E-state index contributed by atoms with van der Waals surface area (Å²) in [6, 6.07) is 6.95. The van der Waals surface area contributed by atoms with E-state index in [0.29, 0.717) is 5.02 Å². The van der Waals surface area contributed by atoms with Gasteiger partial charge in [0, 0.05) is 11.1 Å². The van der Waals surface area contributed by atoms with Crippen LogP contribution in [0.5, 0.6) is 0 Å². The minimum atomic E-state index is -0.551. The highest BCUT2D eigenvalue weighted by molar-refractivity contribution is 6.30. The predicted molar refractivity (Wildman–Crippen MR) is 82.4 cm³/mol. The number of amides is 1. The second-order valence-electron chi connectivity index (χ2n) is 6.37. The monoisotopic (exact) mass is 311 g/mol. The summed E-state index contributed by atoms with van der Waals surface area (Å²) in [6.45, 7) is 5.38. The Morgan fingerprint density at radius 2 is 1.95 bits per heavy atom. The first-order chi connectivity index (χ1) is 9.81. The van der Waals surface area contributed by atoms with E-state index in [4.69, 9.17) is 16.3 Å².